The Labute approximate surface area is 278 Å². The molecule has 3 rings (SSSR count). The van der Waals surface area contributed by atoms with Gasteiger partial charge in [-0.25, -0.2) is 4.79 Å². The number of nitrogens with one attached hydrogen (secondary N) is 2. The molecule has 1 aliphatic rings. The molecule has 3 unspecified atom stereocenters. The van der Waals surface area contributed by atoms with Gasteiger partial charge >= 0.3 is 5.97 Å². The Hall–Kier alpha value is -3.87. The first-order chi connectivity index (χ1) is 21.4. The fraction of sp³-hybridized carbons (Fsp3) is 0.412. The summed E-state index contributed by atoms with van der Waals surface area (Å²) in [6.07, 6.45) is 4.45. The minimum Gasteiger partial charge on any atom is -0.507 e. The highest BCUT2D eigenvalue weighted by molar-refractivity contribution is 14.1. The number of rotatable bonds is 4. The number of halogens is 1. The molecule has 3 atom stereocenters. The zero-order valence-electron chi connectivity index (χ0n) is 26.4. The third-order valence-electron chi connectivity index (χ3n) is 7.58. The molecular weight excluding hydrogens is 689 g/mol. The van der Waals surface area contributed by atoms with Crippen molar-refractivity contribution in [2.75, 3.05) is 14.2 Å². The number of likely N-dealkylation sites (N-methyl/N-ethyl adjacent to an activating group) is 1. The van der Waals surface area contributed by atoms with Crippen LogP contribution in [0, 0.1) is 3.57 Å². The van der Waals surface area contributed by atoms with Crippen molar-refractivity contribution in [3.05, 3.63) is 80.6 Å². The van der Waals surface area contributed by atoms with Gasteiger partial charge in [-0.1, -0.05) is 48.0 Å². The number of ether oxygens (including phenoxy) is 2. The molecule has 0 spiro atoms. The van der Waals surface area contributed by atoms with Crippen molar-refractivity contribution >= 4 is 52.0 Å². The molecule has 0 aliphatic carbocycles. The van der Waals surface area contributed by atoms with Crippen LogP contribution in [0.25, 0.3) is 5.76 Å². The molecule has 0 radical (unpaired) electrons. The average molecular weight is 732 g/mol. The van der Waals surface area contributed by atoms with Crippen LogP contribution in [0.15, 0.2) is 65.9 Å². The highest BCUT2D eigenvalue weighted by Gasteiger charge is 2.33. The van der Waals surface area contributed by atoms with Crippen LogP contribution >= 0.6 is 22.6 Å². The molecule has 11 heteroatoms. The number of esters is 1. The number of cyclic esters (lactones) is 1. The van der Waals surface area contributed by atoms with Crippen molar-refractivity contribution in [3.8, 4) is 5.75 Å². The van der Waals surface area contributed by atoms with Crippen molar-refractivity contribution in [1.82, 2.24) is 15.5 Å². The van der Waals surface area contributed by atoms with Crippen LogP contribution in [0.3, 0.4) is 0 Å². The number of amides is 3. The normalized spacial score (nSPS) is 23.7. The van der Waals surface area contributed by atoms with Gasteiger partial charge in [0.1, 0.15) is 17.8 Å². The second-order valence-electron chi connectivity index (χ2n) is 11.2. The molecule has 3 amide bonds. The van der Waals surface area contributed by atoms with E-state index in [1.54, 1.807) is 50.2 Å². The van der Waals surface area contributed by atoms with Crippen molar-refractivity contribution < 1.29 is 33.8 Å². The Morgan fingerprint density at radius 3 is 2.47 bits per heavy atom. The maximum atomic E-state index is 14.1. The van der Waals surface area contributed by atoms with Gasteiger partial charge in [0.15, 0.2) is 11.5 Å². The molecule has 0 saturated carbocycles. The zero-order valence-corrected chi connectivity index (χ0v) is 28.6. The lowest BCUT2D eigenvalue weighted by Crippen LogP contribution is -2.54. The number of carbonyl (C=O) groups is 4. The van der Waals surface area contributed by atoms with Gasteiger partial charge in [-0.05, 0) is 86.7 Å². The van der Waals surface area contributed by atoms with Crippen LogP contribution in [0.4, 0.5) is 0 Å². The smallest absolute Gasteiger partial charge is 0.359 e. The largest absolute Gasteiger partial charge is 0.507 e. The lowest BCUT2D eigenvalue weighted by molar-refractivity contribution is -0.146. The average Bonchev–Trinajstić information content (AvgIpc) is 3.01. The number of hydrogen-bond acceptors (Lipinski definition) is 7. The summed E-state index contributed by atoms with van der Waals surface area (Å²) in [5, 5.41) is 15.5. The summed E-state index contributed by atoms with van der Waals surface area (Å²) in [6, 6.07) is 11.7. The van der Waals surface area contributed by atoms with Gasteiger partial charge in [-0.15, -0.1) is 0 Å². The standard InChI is InChI=1S/C34H42IN3O7/c1-21-11-9-10-14-29(40)36-23(3)33(42)38(4)27(20-24-17-18-28(39)26(35)19-24)32(41)37-30(34(43)45-22(2)16-15-21)31(44-5)25-12-7-6-8-13-25/h6-8,11-13,17-19,22-23,27,39H,9-10,14-16,20H2,1-5H3,(H,36,40)(H,37,41)/b21-11-,31-30-. The molecule has 45 heavy (non-hydrogen) atoms. The number of phenols is 1. The Morgan fingerprint density at radius 2 is 1.80 bits per heavy atom. The second kappa shape index (κ2) is 17.0. The molecule has 3 N–H and O–H groups in total. The van der Waals surface area contributed by atoms with Gasteiger partial charge < -0.3 is 30.1 Å². The van der Waals surface area contributed by atoms with E-state index in [9.17, 15) is 24.3 Å². The van der Waals surface area contributed by atoms with Gasteiger partial charge in [-0.3, -0.25) is 14.4 Å². The summed E-state index contributed by atoms with van der Waals surface area (Å²) in [5.74, 6) is -1.98. The molecule has 10 nitrogen and oxygen atoms in total. The number of benzene rings is 2. The lowest BCUT2D eigenvalue weighted by Gasteiger charge is -2.30. The van der Waals surface area contributed by atoms with Crippen molar-refractivity contribution in [2.24, 2.45) is 0 Å². The van der Waals surface area contributed by atoms with Gasteiger partial charge in [0.25, 0.3) is 0 Å². The molecule has 0 bridgehead atoms. The van der Waals surface area contributed by atoms with Crippen LogP contribution in [-0.4, -0.2) is 66.0 Å². The van der Waals surface area contributed by atoms with Crippen molar-refractivity contribution in [1.29, 1.82) is 0 Å². The Morgan fingerprint density at radius 1 is 1.09 bits per heavy atom. The summed E-state index contributed by atoms with van der Waals surface area (Å²) >= 11 is 1.98. The molecular formula is C34H42IN3O7. The van der Waals surface area contributed by atoms with Gasteiger partial charge in [0.05, 0.1) is 16.8 Å². The number of aromatic hydroxyl groups is 1. The Balaban J connectivity index is 2.09. The van der Waals surface area contributed by atoms with Crippen molar-refractivity contribution in [3.63, 3.8) is 0 Å². The topological polar surface area (TPSA) is 134 Å². The van der Waals surface area contributed by atoms with Crippen molar-refractivity contribution in [2.45, 2.75) is 77.5 Å². The van der Waals surface area contributed by atoms with E-state index in [4.69, 9.17) is 9.47 Å². The third kappa shape index (κ3) is 10.3. The molecule has 1 heterocycles. The first-order valence-electron chi connectivity index (χ1n) is 15.0. The maximum absolute atomic E-state index is 14.1. The lowest BCUT2D eigenvalue weighted by atomic mass is 10.0. The van der Waals surface area contributed by atoms with E-state index in [1.165, 1.54) is 25.1 Å². The van der Waals surface area contributed by atoms with Crippen LogP contribution < -0.4 is 10.6 Å². The van der Waals surface area contributed by atoms with E-state index in [2.05, 4.69) is 16.7 Å². The number of methoxy groups -OCH3 is 1. The fourth-order valence-corrected chi connectivity index (χ4v) is 5.53. The minimum absolute atomic E-state index is 0.0579. The monoisotopic (exact) mass is 731 g/mol. The molecule has 242 valence electrons. The molecule has 0 saturated heterocycles. The van der Waals surface area contributed by atoms with E-state index in [0.29, 0.717) is 40.4 Å². The summed E-state index contributed by atoms with van der Waals surface area (Å²) in [5.41, 5.74) is 2.13. The van der Waals surface area contributed by atoms with Crippen LogP contribution in [0.1, 0.15) is 64.0 Å². The van der Waals surface area contributed by atoms with E-state index >= 15 is 0 Å². The minimum atomic E-state index is -1.11. The number of carbonyl (C=O) groups excluding carboxylic acids is 4. The van der Waals surface area contributed by atoms with E-state index in [-0.39, 0.29) is 36.0 Å². The highest BCUT2D eigenvalue weighted by Crippen LogP contribution is 2.24. The number of phenolic OH excluding ortho intramolecular Hbond substituents is 1. The highest BCUT2D eigenvalue weighted by atomic mass is 127. The number of hydrogen-bond donors (Lipinski definition) is 3. The summed E-state index contributed by atoms with van der Waals surface area (Å²) in [6.45, 7) is 5.35. The summed E-state index contributed by atoms with van der Waals surface area (Å²) < 4.78 is 12.0. The number of nitrogens with zero attached hydrogens (tertiary/aromatic N) is 1. The van der Waals surface area contributed by atoms with E-state index in [0.717, 1.165) is 5.57 Å². The SMILES string of the molecule is CO/C(=C1\NC(=O)C(Cc2ccc(O)c(I)c2)N(C)C(=O)C(C)NC(=O)CCC/C=C(/C)CCC(C)OC1=O)c1ccccc1. The van der Waals surface area contributed by atoms with Crippen LogP contribution in [-0.2, 0) is 35.1 Å². The first-order valence-corrected chi connectivity index (χ1v) is 16.0. The molecule has 0 fully saturated rings. The first kappa shape index (κ1) is 35.6. The number of allylic oxidation sites excluding steroid dienone is 2. The third-order valence-corrected chi connectivity index (χ3v) is 8.44. The molecule has 0 aromatic heterocycles. The summed E-state index contributed by atoms with van der Waals surface area (Å²) in [7, 11) is 2.88. The molecule has 1 aliphatic heterocycles. The zero-order chi connectivity index (χ0) is 33.1. The summed E-state index contributed by atoms with van der Waals surface area (Å²) in [4.78, 5) is 55.3. The second-order valence-corrected chi connectivity index (χ2v) is 12.4. The Kier molecular flexibility index (Phi) is 13.4. The van der Waals surface area contributed by atoms with Gasteiger partial charge in [0.2, 0.25) is 17.7 Å². The Bertz CT molecular complexity index is 1440. The molecule has 2 aromatic carbocycles. The van der Waals surface area contributed by atoms with Gasteiger partial charge in [0, 0.05) is 25.5 Å². The van der Waals surface area contributed by atoms with Crippen LogP contribution in [0.5, 0.6) is 5.75 Å². The fourth-order valence-electron chi connectivity index (χ4n) is 4.95. The predicted octanol–water partition coefficient (Wildman–Crippen LogP) is 4.84. The van der Waals surface area contributed by atoms with E-state index in [1.807, 2.05) is 35.6 Å². The predicted molar refractivity (Wildman–Crippen MR) is 180 cm³/mol. The van der Waals surface area contributed by atoms with Gasteiger partial charge in [-0.2, -0.15) is 0 Å². The maximum Gasteiger partial charge on any atom is 0.359 e. The molecule has 2 aromatic rings. The quantitative estimate of drug-likeness (QED) is 0.135. The van der Waals surface area contributed by atoms with Crippen LogP contribution in [0.2, 0.25) is 0 Å². The van der Waals surface area contributed by atoms with E-state index < -0.39 is 36.0 Å².